The van der Waals surface area contributed by atoms with Gasteiger partial charge in [-0.2, -0.15) is 0 Å². The summed E-state index contributed by atoms with van der Waals surface area (Å²) in [4.78, 5) is 19.8. The Morgan fingerprint density at radius 3 is 2.94 bits per heavy atom. The maximum atomic E-state index is 11.4. The third kappa shape index (κ3) is 2.21. The van der Waals surface area contributed by atoms with E-state index in [2.05, 4.69) is 15.3 Å². The van der Waals surface area contributed by atoms with Crippen molar-refractivity contribution in [1.82, 2.24) is 9.55 Å². The summed E-state index contributed by atoms with van der Waals surface area (Å²) in [6.07, 6.45) is 2.24. The second-order valence-corrected chi connectivity index (χ2v) is 4.72. The molecule has 7 heteroatoms. The number of carbonyl (C=O) groups excluding carboxylic acids is 1. The Labute approximate surface area is 105 Å². The van der Waals surface area contributed by atoms with Crippen LogP contribution in [0.5, 0.6) is 0 Å². The molecule has 0 saturated heterocycles. The summed E-state index contributed by atoms with van der Waals surface area (Å²) in [6.45, 7) is 4.42. The summed E-state index contributed by atoms with van der Waals surface area (Å²) in [5.74, 6) is 0.135. The maximum absolute atomic E-state index is 11.4. The minimum atomic E-state index is -0.603. The van der Waals surface area contributed by atoms with Gasteiger partial charge in [0.1, 0.15) is 17.2 Å². The zero-order valence-corrected chi connectivity index (χ0v) is 10.5. The molecular formula is C11H17N5O2. The third-order valence-electron chi connectivity index (χ3n) is 2.67. The SMILES string of the molecule is CC1(C)N=C(C(N)=O)c2ncn(CCCO)c2N1. The predicted octanol–water partition coefficient (Wildman–Crippen LogP) is -0.298. The Hall–Kier alpha value is -1.89. The fraction of sp³-hybridized carbons (Fsp3) is 0.545. The molecule has 2 heterocycles. The molecule has 0 spiro atoms. The van der Waals surface area contributed by atoms with Gasteiger partial charge in [-0.05, 0) is 20.3 Å². The molecule has 0 radical (unpaired) electrons. The number of nitrogens with zero attached hydrogens (tertiary/aromatic N) is 3. The standard InChI is InChI=1S/C11H17N5O2/c1-11(2)14-7(9(12)18)8-10(15-11)16(6-13-8)4-3-5-17/h6,15,17H,3-5H2,1-2H3,(H2,12,18). The molecule has 7 nitrogen and oxygen atoms in total. The highest BCUT2D eigenvalue weighted by atomic mass is 16.3. The number of hydrogen-bond acceptors (Lipinski definition) is 5. The quantitative estimate of drug-likeness (QED) is 0.683. The first-order valence-corrected chi connectivity index (χ1v) is 5.79. The van der Waals surface area contributed by atoms with Gasteiger partial charge in [0.15, 0.2) is 5.71 Å². The van der Waals surface area contributed by atoms with E-state index in [1.165, 1.54) is 0 Å². The molecule has 1 aromatic heterocycles. The molecule has 1 amide bonds. The van der Waals surface area contributed by atoms with Gasteiger partial charge in [0.05, 0.1) is 6.33 Å². The van der Waals surface area contributed by atoms with Crippen molar-refractivity contribution in [3.63, 3.8) is 0 Å². The number of carbonyl (C=O) groups is 1. The van der Waals surface area contributed by atoms with Crippen LogP contribution in [0.2, 0.25) is 0 Å². The molecule has 18 heavy (non-hydrogen) atoms. The smallest absolute Gasteiger partial charge is 0.269 e. The molecule has 0 atom stereocenters. The summed E-state index contributed by atoms with van der Waals surface area (Å²) in [5.41, 5.74) is 5.39. The van der Waals surface area contributed by atoms with E-state index in [1.54, 1.807) is 6.33 Å². The monoisotopic (exact) mass is 251 g/mol. The van der Waals surface area contributed by atoms with Gasteiger partial charge in [-0.25, -0.2) is 9.98 Å². The molecule has 1 aliphatic rings. The number of primary amides is 1. The van der Waals surface area contributed by atoms with Crippen LogP contribution in [0.25, 0.3) is 0 Å². The number of imidazole rings is 1. The van der Waals surface area contributed by atoms with Crippen molar-refractivity contribution in [3.05, 3.63) is 12.0 Å². The van der Waals surface area contributed by atoms with Crippen LogP contribution < -0.4 is 11.1 Å². The minimum Gasteiger partial charge on any atom is -0.396 e. The number of nitrogens with two attached hydrogens (primary N) is 1. The lowest BCUT2D eigenvalue weighted by molar-refractivity contribution is -0.112. The zero-order chi connectivity index (χ0) is 13.3. The van der Waals surface area contributed by atoms with Crippen molar-refractivity contribution >= 4 is 17.4 Å². The number of hydrogen-bond donors (Lipinski definition) is 3. The van der Waals surface area contributed by atoms with Gasteiger partial charge < -0.3 is 20.7 Å². The van der Waals surface area contributed by atoms with Crippen LogP contribution >= 0.6 is 0 Å². The van der Waals surface area contributed by atoms with E-state index in [9.17, 15) is 4.79 Å². The van der Waals surface area contributed by atoms with Gasteiger partial charge in [-0.3, -0.25) is 4.79 Å². The van der Waals surface area contributed by atoms with Gasteiger partial charge in [0.25, 0.3) is 5.91 Å². The average molecular weight is 251 g/mol. The highest BCUT2D eigenvalue weighted by Crippen LogP contribution is 2.27. The molecule has 98 valence electrons. The van der Waals surface area contributed by atoms with E-state index in [-0.39, 0.29) is 12.3 Å². The van der Waals surface area contributed by atoms with E-state index >= 15 is 0 Å². The van der Waals surface area contributed by atoms with E-state index in [0.29, 0.717) is 18.7 Å². The summed E-state index contributed by atoms with van der Waals surface area (Å²) in [6, 6.07) is 0. The summed E-state index contributed by atoms with van der Waals surface area (Å²) in [7, 11) is 0. The van der Waals surface area contributed by atoms with Crippen molar-refractivity contribution in [1.29, 1.82) is 0 Å². The van der Waals surface area contributed by atoms with Crippen molar-refractivity contribution in [3.8, 4) is 0 Å². The number of aliphatic hydroxyl groups is 1. The second-order valence-electron chi connectivity index (χ2n) is 4.72. The van der Waals surface area contributed by atoms with Crippen LogP contribution in [0, 0.1) is 0 Å². The molecule has 1 aliphatic heterocycles. The second kappa shape index (κ2) is 4.41. The zero-order valence-electron chi connectivity index (χ0n) is 10.5. The molecule has 0 saturated carbocycles. The molecule has 0 fully saturated rings. The summed E-state index contributed by atoms with van der Waals surface area (Å²) < 4.78 is 1.85. The number of fused-ring (bicyclic) bond motifs is 1. The van der Waals surface area contributed by atoms with Gasteiger partial charge in [-0.15, -0.1) is 0 Å². The van der Waals surface area contributed by atoms with E-state index in [1.807, 2.05) is 18.4 Å². The number of nitrogens with one attached hydrogen (secondary N) is 1. The minimum absolute atomic E-state index is 0.104. The molecule has 0 aromatic carbocycles. The number of amides is 1. The number of aliphatic imine (C=N–C) groups is 1. The Morgan fingerprint density at radius 1 is 1.61 bits per heavy atom. The summed E-state index contributed by atoms with van der Waals surface area (Å²) >= 11 is 0. The number of anilines is 1. The normalized spacial score (nSPS) is 16.7. The fourth-order valence-electron chi connectivity index (χ4n) is 1.92. The van der Waals surface area contributed by atoms with Crippen molar-refractivity contribution < 1.29 is 9.90 Å². The van der Waals surface area contributed by atoms with Crippen LogP contribution in [0.3, 0.4) is 0 Å². The highest BCUT2D eigenvalue weighted by molar-refractivity contribution is 6.45. The lowest BCUT2D eigenvalue weighted by atomic mass is 10.1. The lowest BCUT2D eigenvalue weighted by Crippen LogP contribution is -2.39. The van der Waals surface area contributed by atoms with Gasteiger partial charge in [-0.1, -0.05) is 0 Å². The first-order valence-electron chi connectivity index (χ1n) is 5.79. The predicted molar refractivity (Wildman–Crippen MR) is 67.4 cm³/mol. The van der Waals surface area contributed by atoms with Crippen molar-refractivity contribution in [2.75, 3.05) is 11.9 Å². The highest BCUT2D eigenvalue weighted by Gasteiger charge is 2.31. The number of aryl methyl sites for hydroxylation is 1. The van der Waals surface area contributed by atoms with Crippen LogP contribution in [0.4, 0.5) is 5.82 Å². The molecule has 0 unspecified atom stereocenters. The van der Waals surface area contributed by atoms with Gasteiger partial charge in [0.2, 0.25) is 0 Å². The van der Waals surface area contributed by atoms with Crippen molar-refractivity contribution in [2.45, 2.75) is 32.5 Å². The lowest BCUT2D eigenvalue weighted by Gasteiger charge is -2.29. The molecule has 0 bridgehead atoms. The first-order chi connectivity index (χ1) is 8.44. The number of aliphatic hydroxyl groups excluding tert-OH is 1. The van der Waals surface area contributed by atoms with Gasteiger partial charge in [0, 0.05) is 13.2 Å². The molecule has 1 aromatic rings. The Kier molecular flexibility index (Phi) is 3.08. The van der Waals surface area contributed by atoms with Gasteiger partial charge >= 0.3 is 0 Å². The molecule has 2 rings (SSSR count). The average Bonchev–Trinajstić information content (AvgIpc) is 2.66. The molecular weight excluding hydrogens is 234 g/mol. The van der Waals surface area contributed by atoms with E-state index < -0.39 is 11.6 Å². The summed E-state index contributed by atoms with van der Waals surface area (Å²) in [5, 5.41) is 12.1. The van der Waals surface area contributed by atoms with Crippen LogP contribution in [0.1, 0.15) is 26.0 Å². The van der Waals surface area contributed by atoms with Crippen LogP contribution in [-0.4, -0.2) is 38.5 Å². The largest absolute Gasteiger partial charge is 0.396 e. The third-order valence-corrected chi connectivity index (χ3v) is 2.67. The maximum Gasteiger partial charge on any atom is 0.269 e. The Bertz CT molecular complexity index is 504. The van der Waals surface area contributed by atoms with Crippen LogP contribution in [0.15, 0.2) is 11.3 Å². The number of aromatic nitrogens is 2. The Balaban J connectivity index is 2.42. The van der Waals surface area contributed by atoms with E-state index in [0.717, 1.165) is 5.82 Å². The first kappa shape index (κ1) is 12.6. The number of rotatable bonds is 4. The van der Waals surface area contributed by atoms with Crippen molar-refractivity contribution in [2.24, 2.45) is 10.7 Å². The van der Waals surface area contributed by atoms with Crippen LogP contribution in [-0.2, 0) is 11.3 Å². The Morgan fingerprint density at radius 2 is 2.33 bits per heavy atom. The topological polar surface area (TPSA) is 106 Å². The molecule has 4 N–H and O–H groups in total. The fourth-order valence-corrected chi connectivity index (χ4v) is 1.92. The van der Waals surface area contributed by atoms with E-state index in [4.69, 9.17) is 10.8 Å². The molecule has 0 aliphatic carbocycles.